The summed E-state index contributed by atoms with van der Waals surface area (Å²) >= 11 is 0. The van der Waals surface area contributed by atoms with Gasteiger partial charge in [0.15, 0.2) is 0 Å². The zero-order valence-corrected chi connectivity index (χ0v) is 8.20. The van der Waals surface area contributed by atoms with Crippen LogP contribution in [-0.4, -0.2) is 9.67 Å². The smallest absolute Gasteiger partial charge is 0.0702 e. The molecule has 0 aliphatic carbocycles. The van der Waals surface area contributed by atoms with Gasteiger partial charge in [-0.3, -0.25) is 0 Å². The number of aliphatic hydroxyl groups is 1. The first-order valence-corrected chi connectivity index (χ1v) is 4.74. The SMILES string of the molecule is CCn1cc(CO)c2ccc(N)cc21. The highest BCUT2D eigenvalue weighted by Gasteiger charge is 2.06. The summed E-state index contributed by atoms with van der Waals surface area (Å²) in [7, 11) is 0. The van der Waals surface area contributed by atoms with Crippen molar-refractivity contribution in [2.45, 2.75) is 20.1 Å². The minimum absolute atomic E-state index is 0.0768. The predicted molar refractivity (Wildman–Crippen MR) is 57.9 cm³/mol. The molecule has 0 unspecified atom stereocenters. The van der Waals surface area contributed by atoms with Crippen molar-refractivity contribution in [1.82, 2.24) is 4.57 Å². The van der Waals surface area contributed by atoms with Crippen LogP contribution in [0.2, 0.25) is 0 Å². The molecule has 14 heavy (non-hydrogen) atoms. The highest BCUT2D eigenvalue weighted by atomic mass is 16.3. The van der Waals surface area contributed by atoms with Crippen LogP contribution in [0.15, 0.2) is 24.4 Å². The Morgan fingerprint density at radius 3 is 2.86 bits per heavy atom. The van der Waals surface area contributed by atoms with Crippen molar-refractivity contribution in [3.8, 4) is 0 Å². The summed E-state index contributed by atoms with van der Waals surface area (Å²) in [6.45, 7) is 3.04. The molecule has 0 radical (unpaired) electrons. The fourth-order valence-electron chi connectivity index (χ4n) is 1.77. The van der Waals surface area contributed by atoms with Crippen molar-refractivity contribution in [2.24, 2.45) is 0 Å². The molecular formula is C11H14N2O. The lowest BCUT2D eigenvalue weighted by Crippen LogP contribution is -1.91. The molecule has 0 saturated heterocycles. The van der Waals surface area contributed by atoms with Crippen LogP contribution in [0, 0.1) is 0 Å². The Morgan fingerprint density at radius 1 is 1.43 bits per heavy atom. The number of nitrogens with two attached hydrogens (primary N) is 1. The van der Waals surface area contributed by atoms with Crippen LogP contribution in [0.4, 0.5) is 5.69 Å². The second kappa shape index (κ2) is 3.35. The first-order chi connectivity index (χ1) is 6.76. The van der Waals surface area contributed by atoms with Gasteiger partial charge in [-0.2, -0.15) is 0 Å². The Labute approximate surface area is 82.8 Å². The second-order valence-corrected chi connectivity index (χ2v) is 3.38. The molecule has 3 nitrogen and oxygen atoms in total. The first kappa shape index (κ1) is 9.09. The number of aromatic nitrogens is 1. The van der Waals surface area contributed by atoms with E-state index >= 15 is 0 Å². The largest absolute Gasteiger partial charge is 0.399 e. The molecule has 0 saturated carbocycles. The number of nitrogen functional groups attached to an aromatic ring is 1. The molecule has 2 rings (SSSR count). The quantitative estimate of drug-likeness (QED) is 0.709. The van der Waals surface area contributed by atoms with Crippen molar-refractivity contribution in [1.29, 1.82) is 0 Å². The normalized spacial score (nSPS) is 11.0. The van der Waals surface area contributed by atoms with Gasteiger partial charge in [0.1, 0.15) is 0 Å². The third kappa shape index (κ3) is 1.26. The number of aryl methyl sites for hydroxylation is 1. The van der Waals surface area contributed by atoms with E-state index in [4.69, 9.17) is 10.8 Å². The molecule has 74 valence electrons. The van der Waals surface area contributed by atoms with Crippen molar-refractivity contribution in [3.05, 3.63) is 30.0 Å². The minimum atomic E-state index is 0.0768. The molecule has 0 amide bonds. The zero-order valence-electron chi connectivity index (χ0n) is 8.20. The van der Waals surface area contributed by atoms with E-state index in [0.717, 1.165) is 28.7 Å². The fourth-order valence-corrected chi connectivity index (χ4v) is 1.77. The van der Waals surface area contributed by atoms with Gasteiger partial charge in [-0.15, -0.1) is 0 Å². The number of fused-ring (bicyclic) bond motifs is 1. The van der Waals surface area contributed by atoms with Crippen LogP contribution in [0.3, 0.4) is 0 Å². The standard InChI is InChI=1S/C11H14N2O/c1-2-13-6-8(7-14)10-4-3-9(12)5-11(10)13/h3-6,14H,2,7,12H2,1H3. The van der Waals surface area contributed by atoms with Gasteiger partial charge in [0.05, 0.1) is 12.1 Å². The summed E-state index contributed by atoms with van der Waals surface area (Å²) in [6.07, 6.45) is 1.98. The van der Waals surface area contributed by atoms with Gasteiger partial charge in [0.2, 0.25) is 0 Å². The third-order valence-corrected chi connectivity index (χ3v) is 2.50. The van der Waals surface area contributed by atoms with E-state index in [1.54, 1.807) is 0 Å². The highest BCUT2D eigenvalue weighted by molar-refractivity contribution is 5.86. The van der Waals surface area contributed by atoms with Gasteiger partial charge in [0.25, 0.3) is 0 Å². The van der Waals surface area contributed by atoms with Crippen molar-refractivity contribution in [3.63, 3.8) is 0 Å². The number of anilines is 1. The molecule has 1 aromatic heterocycles. The highest BCUT2D eigenvalue weighted by Crippen LogP contribution is 2.23. The topological polar surface area (TPSA) is 51.2 Å². The summed E-state index contributed by atoms with van der Waals surface area (Å²) in [5.41, 5.74) is 8.54. The molecule has 0 fully saturated rings. The molecule has 3 heteroatoms. The lowest BCUT2D eigenvalue weighted by molar-refractivity contribution is 0.283. The van der Waals surface area contributed by atoms with Crippen molar-refractivity contribution >= 4 is 16.6 Å². The van der Waals surface area contributed by atoms with Crippen molar-refractivity contribution in [2.75, 3.05) is 5.73 Å². The van der Waals surface area contributed by atoms with Crippen molar-refractivity contribution < 1.29 is 5.11 Å². The molecule has 1 heterocycles. The second-order valence-electron chi connectivity index (χ2n) is 3.38. The number of hydrogen-bond donors (Lipinski definition) is 2. The predicted octanol–water partition coefficient (Wildman–Crippen LogP) is 1.74. The number of aliphatic hydroxyl groups excluding tert-OH is 1. The molecule has 0 aliphatic rings. The lowest BCUT2D eigenvalue weighted by Gasteiger charge is -2.00. The van der Waals surface area contributed by atoms with Crippen LogP contribution >= 0.6 is 0 Å². The average molecular weight is 190 g/mol. The van der Waals surface area contributed by atoms with E-state index < -0.39 is 0 Å². The molecule has 2 aromatic rings. The summed E-state index contributed by atoms with van der Waals surface area (Å²) < 4.78 is 2.09. The van der Waals surface area contributed by atoms with Gasteiger partial charge >= 0.3 is 0 Å². The number of benzene rings is 1. The molecule has 3 N–H and O–H groups in total. The molecular weight excluding hydrogens is 176 g/mol. The van der Waals surface area contributed by atoms with Gasteiger partial charge in [0, 0.05) is 29.4 Å². The first-order valence-electron chi connectivity index (χ1n) is 4.74. The molecule has 0 aliphatic heterocycles. The van der Waals surface area contributed by atoms with E-state index in [9.17, 15) is 0 Å². The maximum Gasteiger partial charge on any atom is 0.0702 e. The van der Waals surface area contributed by atoms with E-state index in [1.165, 1.54) is 0 Å². The molecule has 0 bridgehead atoms. The summed E-state index contributed by atoms with van der Waals surface area (Å²) in [6, 6.07) is 5.77. The number of nitrogens with zero attached hydrogens (tertiary/aromatic N) is 1. The summed E-state index contributed by atoms with van der Waals surface area (Å²) in [5.74, 6) is 0. The van der Waals surface area contributed by atoms with E-state index in [-0.39, 0.29) is 6.61 Å². The summed E-state index contributed by atoms with van der Waals surface area (Å²) in [5, 5.41) is 10.3. The van der Waals surface area contributed by atoms with Gasteiger partial charge in [-0.1, -0.05) is 6.07 Å². The van der Waals surface area contributed by atoms with Crippen LogP contribution in [0.1, 0.15) is 12.5 Å². The van der Waals surface area contributed by atoms with Crippen LogP contribution in [0.25, 0.3) is 10.9 Å². The minimum Gasteiger partial charge on any atom is -0.399 e. The van der Waals surface area contributed by atoms with Gasteiger partial charge in [-0.05, 0) is 19.1 Å². The number of hydrogen-bond acceptors (Lipinski definition) is 2. The summed E-state index contributed by atoms with van der Waals surface area (Å²) in [4.78, 5) is 0. The van der Waals surface area contributed by atoms with Gasteiger partial charge < -0.3 is 15.4 Å². The lowest BCUT2D eigenvalue weighted by atomic mass is 10.2. The molecule has 1 aromatic carbocycles. The molecule has 0 spiro atoms. The van der Waals surface area contributed by atoms with E-state index in [2.05, 4.69) is 11.5 Å². The van der Waals surface area contributed by atoms with Gasteiger partial charge in [-0.25, -0.2) is 0 Å². The van der Waals surface area contributed by atoms with Crippen LogP contribution in [-0.2, 0) is 13.2 Å². The Hall–Kier alpha value is -1.48. The van der Waals surface area contributed by atoms with E-state index in [1.807, 2.05) is 24.4 Å². The Bertz CT molecular complexity index is 460. The Kier molecular flexibility index (Phi) is 2.17. The van der Waals surface area contributed by atoms with Crippen LogP contribution in [0.5, 0.6) is 0 Å². The van der Waals surface area contributed by atoms with E-state index in [0.29, 0.717) is 0 Å². The third-order valence-electron chi connectivity index (χ3n) is 2.50. The molecule has 0 atom stereocenters. The fraction of sp³-hybridized carbons (Fsp3) is 0.273. The number of rotatable bonds is 2. The maximum atomic E-state index is 9.17. The average Bonchev–Trinajstić information content (AvgIpc) is 2.55. The monoisotopic (exact) mass is 190 g/mol. The van der Waals surface area contributed by atoms with Crippen LogP contribution < -0.4 is 5.73 Å². The Morgan fingerprint density at radius 2 is 2.21 bits per heavy atom. The maximum absolute atomic E-state index is 9.17. The Balaban J connectivity index is 2.75. The zero-order chi connectivity index (χ0) is 10.1.